The van der Waals surface area contributed by atoms with Gasteiger partial charge in [-0.15, -0.1) is 0 Å². The van der Waals surface area contributed by atoms with E-state index < -0.39 is 11.8 Å². The van der Waals surface area contributed by atoms with Crippen LogP contribution in [-0.4, -0.2) is 22.6 Å². The van der Waals surface area contributed by atoms with Crippen molar-refractivity contribution in [2.45, 2.75) is 39.8 Å². The van der Waals surface area contributed by atoms with Crippen molar-refractivity contribution in [3.63, 3.8) is 0 Å². The Morgan fingerprint density at radius 2 is 1.62 bits per heavy atom. The summed E-state index contributed by atoms with van der Waals surface area (Å²) in [6.07, 6.45) is 0. The number of para-hydroxylation sites is 1. The van der Waals surface area contributed by atoms with Crippen LogP contribution in [0.4, 0.5) is 5.69 Å². The van der Waals surface area contributed by atoms with Gasteiger partial charge in [-0.3, -0.25) is 19.3 Å². The summed E-state index contributed by atoms with van der Waals surface area (Å²) in [5.74, 6) is -1.01. The van der Waals surface area contributed by atoms with Crippen molar-refractivity contribution in [1.29, 1.82) is 0 Å². The summed E-state index contributed by atoms with van der Waals surface area (Å²) >= 11 is 12.4. The minimum absolute atomic E-state index is 0.0297. The van der Waals surface area contributed by atoms with Crippen molar-refractivity contribution in [2.75, 3.05) is 5.32 Å². The van der Waals surface area contributed by atoms with E-state index in [9.17, 15) is 14.4 Å². The predicted octanol–water partition coefficient (Wildman–Crippen LogP) is 6.13. The lowest BCUT2D eigenvalue weighted by Crippen LogP contribution is -2.33. The van der Waals surface area contributed by atoms with Crippen molar-refractivity contribution < 1.29 is 14.4 Å². The number of rotatable bonds is 8. The SMILES string of the molecule is Cc1cccc(C(C)C)c1NC(=O)c1ccc(CNC2=C(Cl)C(=O)N(Cc3ccccc3Cl)C2=O)cc1. The maximum absolute atomic E-state index is 12.9. The Bertz CT molecular complexity index is 1400. The van der Waals surface area contributed by atoms with Crippen LogP contribution in [0.1, 0.15) is 52.4 Å². The molecule has 0 saturated carbocycles. The lowest BCUT2D eigenvalue weighted by molar-refractivity contribution is -0.138. The highest BCUT2D eigenvalue weighted by molar-refractivity contribution is 6.47. The molecule has 0 bridgehead atoms. The number of carbonyl (C=O) groups is 3. The molecule has 3 aromatic carbocycles. The molecule has 0 spiro atoms. The number of benzene rings is 3. The number of aryl methyl sites for hydroxylation is 1. The van der Waals surface area contributed by atoms with Crippen LogP contribution in [0.15, 0.2) is 77.5 Å². The molecule has 0 saturated heterocycles. The molecule has 8 heteroatoms. The van der Waals surface area contributed by atoms with Gasteiger partial charge in [0.2, 0.25) is 0 Å². The Morgan fingerprint density at radius 3 is 2.30 bits per heavy atom. The van der Waals surface area contributed by atoms with Crippen molar-refractivity contribution in [2.24, 2.45) is 0 Å². The lowest BCUT2D eigenvalue weighted by Gasteiger charge is -2.17. The van der Waals surface area contributed by atoms with Crippen LogP contribution in [0, 0.1) is 6.92 Å². The summed E-state index contributed by atoms with van der Waals surface area (Å²) in [7, 11) is 0. The van der Waals surface area contributed by atoms with Crippen molar-refractivity contribution in [1.82, 2.24) is 10.2 Å². The first kappa shape index (κ1) is 26.5. The molecule has 3 amide bonds. The summed E-state index contributed by atoms with van der Waals surface area (Å²) in [5, 5.41) is 6.32. The van der Waals surface area contributed by atoms with E-state index in [-0.39, 0.29) is 35.6 Å². The molecule has 6 nitrogen and oxygen atoms in total. The van der Waals surface area contributed by atoms with Gasteiger partial charge < -0.3 is 10.6 Å². The van der Waals surface area contributed by atoms with Crippen molar-refractivity contribution >= 4 is 46.6 Å². The Kier molecular flexibility index (Phi) is 8.00. The Labute approximate surface area is 226 Å². The highest BCUT2D eigenvalue weighted by Crippen LogP contribution is 2.28. The summed E-state index contributed by atoms with van der Waals surface area (Å²) in [6.45, 7) is 6.43. The zero-order valence-electron chi connectivity index (χ0n) is 20.8. The van der Waals surface area contributed by atoms with E-state index in [1.54, 1.807) is 48.5 Å². The molecule has 2 N–H and O–H groups in total. The van der Waals surface area contributed by atoms with Gasteiger partial charge in [0.25, 0.3) is 17.7 Å². The Hall–Kier alpha value is -3.61. The monoisotopic (exact) mass is 535 g/mol. The smallest absolute Gasteiger partial charge is 0.278 e. The molecule has 37 heavy (non-hydrogen) atoms. The average Bonchev–Trinajstić information content (AvgIpc) is 3.08. The van der Waals surface area contributed by atoms with Gasteiger partial charge in [-0.1, -0.05) is 85.6 Å². The minimum atomic E-state index is -0.571. The molecule has 190 valence electrons. The van der Waals surface area contributed by atoms with E-state index in [1.165, 1.54) is 0 Å². The fraction of sp³-hybridized carbons (Fsp3) is 0.207. The van der Waals surface area contributed by atoms with Gasteiger partial charge in [0.1, 0.15) is 10.7 Å². The molecule has 0 aliphatic carbocycles. The number of hydrogen-bond donors (Lipinski definition) is 2. The van der Waals surface area contributed by atoms with E-state index in [0.29, 0.717) is 16.1 Å². The topological polar surface area (TPSA) is 78.5 Å². The number of nitrogens with one attached hydrogen (secondary N) is 2. The van der Waals surface area contributed by atoms with E-state index >= 15 is 0 Å². The number of imide groups is 1. The minimum Gasteiger partial charge on any atom is -0.375 e. The number of anilines is 1. The van der Waals surface area contributed by atoms with Gasteiger partial charge >= 0.3 is 0 Å². The largest absolute Gasteiger partial charge is 0.375 e. The van der Waals surface area contributed by atoms with Crippen LogP contribution < -0.4 is 10.6 Å². The van der Waals surface area contributed by atoms with Crippen LogP contribution in [0.25, 0.3) is 0 Å². The van der Waals surface area contributed by atoms with Gasteiger partial charge in [0, 0.05) is 22.8 Å². The van der Waals surface area contributed by atoms with Crippen LogP contribution in [-0.2, 0) is 22.7 Å². The highest BCUT2D eigenvalue weighted by atomic mass is 35.5. The van der Waals surface area contributed by atoms with E-state index in [2.05, 4.69) is 24.5 Å². The second-order valence-electron chi connectivity index (χ2n) is 9.18. The molecule has 0 atom stereocenters. The highest BCUT2D eigenvalue weighted by Gasteiger charge is 2.37. The molecule has 0 radical (unpaired) electrons. The molecular weight excluding hydrogens is 509 g/mol. The second-order valence-corrected chi connectivity index (χ2v) is 9.96. The lowest BCUT2D eigenvalue weighted by atomic mass is 9.98. The molecule has 0 fully saturated rings. The number of halogens is 2. The first-order chi connectivity index (χ1) is 17.7. The maximum Gasteiger partial charge on any atom is 0.278 e. The average molecular weight is 536 g/mol. The van der Waals surface area contributed by atoms with Crippen molar-refractivity contribution in [3.05, 3.63) is 110 Å². The fourth-order valence-corrected chi connectivity index (χ4v) is 4.58. The van der Waals surface area contributed by atoms with Crippen LogP contribution in [0.3, 0.4) is 0 Å². The third kappa shape index (κ3) is 5.71. The Morgan fingerprint density at radius 1 is 0.919 bits per heavy atom. The van der Waals surface area contributed by atoms with Gasteiger partial charge in [0.05, 0.1) is 6.54 Å². The van der Waals surface area contributed by atoms with Gasteiger partial charge in [-0.2, -0.15) is 0 Å². The quantitative estimate of drug-likeness (QED) is 0.340. The van der Waals surface area contributed by atoms with Crippen LogP contribution >= 0.6 is 23.2 Å². The molecule has 1 heterocycles. The summed E-state index contributed by atoms with van der Waals surface area (Å²) in [4.78, 5) is 39.5. The zero-order chi connectivity index (χ0) is 26.7. The standard InChI is InChI=1S/C29H27Cl2N3O3/c1-17(2)22-9-6-7-18(3)25(22)33-27(35)20-13-11-19(12-14-20)15-32-26-24(31)28(36)34(29(26)37)16-21-8-4-5-10-23(21)30/h4-14,17,32H,15-16H2,1-3H3,(H,33,35). The van der Waals surface area contributed by atoms with Crippen molar-refractivity contribution in [3.8, 4) is 0 Å². The van der Waals surface area contributed by atoms with Crippen LogP contribution in [0.5, 0.6) is 0 Å². The third-order valence-electron chi connectivity index (χ3n) is 6.25. The summed E-state index contributed by atoms with van der Waals surface area (Å²) in [5.41, 5.74) is 4.94. The molecule has 0 aromatic heterocycles. The number of amides is 3. The fourth-order valence-electron chi connectivity index (χ4n) is 4.13. The van der Waals surface area contributed by atoms with E-state index in [4.69, 9.17) is 23.2 Å². The molecule has 0 unspecified atom stereocenters. The molecule has 3 aromatic rings. The normalized spacial score (nSPS) is 13.5. The number of hydrogen-bond acceptors (Lipinski definition) is 4. The maximum atomic E-state index is 12.9. The van der Waals surface area contributed by atoms with Gasteiger partial charge in [-0.05, 0) is 53.3 Å². The van der Waals surface area contributed by atoms with Gasteiger partial charge in [-0.25, -0.2) is 0 Å². The first-order valence-corrected chi connectivity index (χ1v) is 12.7. The first-order valence-electron chi connectivity index (χ1n) is 11.9. The molecule has 1 aliphatic rings. The number of nitrogens with zero attached hydrogens (tertiary/aromatic N) is 1. The summed E-state index contributed by atoms with van der Waals surface area (Å²) < 4.78 is 0. The molecular formula is C29H27Cl2N3O3. The Balaban J connectivity index is 1.40. The number of carbonyl (C=O) groups excluding carboxylic acids is 3. The van der Waals surface area contributed by atoms with E-state index in [0.717, 1.165) is 27.3 Å². The van der Waals surface area contributed by atoms with Gasteiger partial charge in [0.15, 0.2) is 0 Å². The molecule has 4 rings (SSSR count). The van der Waals surface area contributed by atoms with Crippen LogP contribution in [0.2, 0.25) is 5.02 Å². The summed E-state index contributed by atoms with van der Waals surface area (Å²) in [6, 6.07) is 20.0. The molecule has 1 aliphatic heterocycles. The second kappa shape index (κ2) is 11.2. The third-order valence-corrected chi connectivity index (χ3v) is 6.97. The van der Waals surface area contributed by atoms with E-state index in [1.807, 2.05) is 25.1 Å². The predicted molar refractivity (Wildman–Crippen MR) is 146 cm³/mol. The zero-order valence-corrected chi connectivity index (χ0v) is 22.3.